The number of amides is 4. The zero-order chi connectivity index (χ0) is 50.6. The molecule has 0 saturated carbocycles. The van der Waals surface area contributed by atoms with E-state index in [0.29, 0.717) is 49.2 Å². The van der Waals surface area contributed by atoms with Gasteiger partial charge < -0.3 is 51.2 Å². The number of rotatable bonds is 23. The first-order chi connectivity index (χ1) is 33.5. The molecule has 14 nitrogen and oxygen atoms in total. The molecule has 4 fully saturated rings. The molecule has 4 amide bonds. The van der Waals surface area contributed by atoms with E-state index >= 15 is 0 Å². The summed E-state index contributed by atoms with van der Waals surface area (Å²) in [7, 11) is 3.68. The van der Waals surface area contributed by atoms with Gasteiger partial charge in [0.15, 0.2) is 0 Å². The molecule has 0 aliphatic carbocycles. The number of likely N-dealkylation sites (N-methyl/N-ethyl adjacent to an activating group) is 2. The van der Waals surface area contributed by atoms with Gasteiger partial charge in [-0.2, -0.15) is 135 Å². The highest BCUT2D eigenvalue weighted by Crippen LogP contribution is 2.48. The van der Waals surface area contributed by atoms with Crippen molar-refractivity contribution < 1.29 is 28.7 Å². The van der Waals surface area contributed by atoms with Crippen LogP contribution in [-0.4, -0.2) is 142 Å². The average molecular weight is 1380 g/mol. The van der Waals surface area contributed by atoms with Gasteiger partial charge in [0.2, 0.25) is 23.6 Å². The fraction of sp³-hybridized carbons (Fsp3) is 0.654. The highest BCUT2D eigenvalue weighted by atomic mass is 32.2. The van der Waals surface area contributed by atoms with Crippen molar-refractivity contribution in [2.24, 2.45) is 10.8 Å². The van der Waals surface area contributed by atoms with Gasteiger partial charge in [0.25, 0.3) is 0 Å². The number of nitrogens with zero attached hydrogens (tertiary/aromatic N) is 2. The van der Waals surface area contributed by atoms with Crippen molar-refractivity contribution in [1.82, 2.24) is 41.7 Å². The third-order valence-corrected chi connectivity index (χ3v) is 17.8. The molecule has 2 aromatic rings. The van der Waals surface area contributed by atoms with Crippen LogP contribution in [0.3, 0.4) is 0 Å². The molecule has 0 unspecified atom stereocenters. The molecule has 28 heteroatoms. The Bertz CT molecular complexity index is 1970. The summed E-state index contributed by atoms with van der Waals surface area (Å²) in [6, 6.07) is 16.5. The fourth-order valence-electron chi connectivity index (χ4n) is 10.0. The van der Waals surface area contributed by atoms with E-state index in [1.165, 1.54) is 0 Å². The molecule has 0 aromatic heterocycles. The van der Waals surface area contributed by atoms with Gasteiger partial charge in [-0.15, -0.1) is 23.5 Å². The van der Waals surface area contributed by atoms with Crippen molar-refractivity contribution >= 4 is 217 Å². The Hall–Kier alpha value is 0.140. The van der Waals surface area contributed by atoms with Gasteiger partial charge in [-0.3, -0.25) is 19.2 Å². The van der Waals surface area contributed by atoms with Gasteiger partial charge in [-0.1, -0.05) is 126 Å². The minimum atomic E-state index is -0.646. The fourth-order valence-corrected chi connectivity index (χ4v) is 13.7. The number of carbonyl (C=O) groups excluding carboxylic acids is 4. The Morgan fingerprint density at radius 3 is 1.21 bits per heavy atom. The zero-order valence-electron chi connectivity index (χ0n) is 47.4. The van der Waals surface area contributed by atoms with Crippen LogP contribution in [0.2, 0.25) is 0 Å². The van der Waals surface area contributed by atoms with E-state index in [0.717, 1.165) is 61.2 Å². The minimum absolute atomic E-state index is 0. The molecule has 4 heterocycles. The van der Waals surface area contributed by atoms with E-state index in [1.807, 2.05) is 98.4 Å². The molecule has 0 bridgehead atoms. The predicted molar refractivity (Wildman–Crippen MR) is 394 cm³/mol. The topological polar surface area (TPSA) is 165 Å². The van der Waals surface area contributed by atoms with Crippen LogP contribution < -0.4 is 31.9 Å². The first-order valence-corrected chi connectivity index (χ1v) is 28.1. The quantitative estimate of drug-likeness (QED) is 0.0482. The van der Waals surface area contributed by atoms with Gasteiger partial charge in [0.1, 0.15) is 24.2 Å². The second-order valence-corrected chi connectivity index (χ2v) is 24.0. The van der Waals surface area contributed by atoms with E-state index in [4.69, 9.17) is 33.9 Å². The minimum Gasteiger partial charge on any atom is -0.379 e. The Balaban J connectivity index is -0.00000187. The number of thioether (sulfide) groups is 2. The molecule has 0 radical (unpaired) electrons. The number of thiocarbonyl (C=S) groups is 2. The Kier molecular flexibility index (Phi) is 47.7. The number of ether oxygens (including phenoxy) is 2. The number of hydrogen-bond acceptors (Lipinski definition) is 12. The van der Waals surface area contributed by atoms with Crippen LogP contribution in [0.4, 0.5) is 0 Å². The van der Waals surface area contributed by atoms with Crippen LogP contribution in [0.1, 0.15) is 116 Å². The molecular weight excluding hydrogens is 1280 g/mol. The standard InChI is InChI=1S/C52H78N8O6S4.10H2S/c1-33(53-7)47(67)57-37-23-27-69-41-29-51(3,4)43(59(41)49(37)63)45(61)55-39(35-19-13-11-14-20-35)31-65-25-17-9-10-18-26-66-32-40(36-21-15-12-16-22-36)56-46(62)44-52(5,6)30-42-60(44)50(64)38(24-28-70-42)58-48(68)34(2)54-8;;;;;;;;;;/h11-16,19-22,33-34,37-44,53-54H,9-10,17-18,23-32H2,1-8H3,(H,55,61)(H,56,62)(H,57,67)(H,58,68);10*1H2/t33-,34-,37-,38-,39+,40+,41-,42-,43+,44+;;;;;;;;;;/m0........../s1. The number of fused-ring (bicyclic) bond motifs is 2. The normalized spacial score (nSPS) is 22.4. The van der Waals surface area contributed by atoms with Crippen LogP contribution in [0.25, 0.3) is 0 Å². The maximum Gasteiger partial charge on any atom is 0.246 e. The SMILES string of the molecule is CN[C@@H](C)C(=S)N[C@H]1CCS[C@H]2CC(C)(C)[C@@H](C(=O)N[C@H](COCCCCCCOC[C@@H](NC(=O)[C@H]3N4C(=O)[C@@H](NC(=S)[C@H](C)NC)CCS[C@H]4CC3(C)C)c3ccccc3)c3ccccc3)N2C1=O.S.S.S.S.S.S.S.S.S.S. The van der Waals surface area contributed by atoms with E-state index < -0.39 is 47.1 Å². The Labute approximate surface area is 568 Å². The van der Waals surface area contributed by atoms with Crippen LogP contribution in [0.15, 0.2) is 60.7 Å². The summed E-state index contributed by atoms with van der Waals surface area (Å²) in [6.45, 7) is 13.9. The summed E-state index contributed by atoms with van der Waals surface area (Å²) in [5, 5.41) is 19.3. The number of nitrogens with one attached hydrogen (secondary N) is 6. The van der Waals surface area contributed by atoms with Crippen molar-refractivity contribution in [3.63, 3.8) is 0 Å². The number of carbonyl (C=O) groups is 4. The maximum atomic E-state index is 14.4. The van der Waals surface area contributed by atoms with Crippen molar-refractivity contribution in [3.8, 4) is 0 Å². The maximum absolute atomic E-state index is 14.4. The molecule has 466 valence electrons. The first-order valence-electron chi connectivity index (χ1n) is 25.2. The van der Waals surface area contributed by atoms with Crippen molar-refractivity contribution in [1.29, 1.82) is 0 Å². The van der Waals surface area contributed by atoms with Gasteiger partial charge >= 0.3 is 0 Å². The number of hydrogen-bond donors (Lipinski definition) is 6. The molecule has 4 saturated heterocycles. The van der Waals surface area contributed by atoms with Crippen molar-refractivity contribution in [2.75, 3.05) is 52.0 Å². The number of benzene rings is 2. The Morgan fingerprint density at radius 1 is 0.575 bits per heavy atom. The van der Waals surface area contributed by atoms with Crippen molar-refractivity contribution in [2.45, 2.75) is 152 Å². The largest absolute Gasteiger partial charge is 0.379 e. The molecule has 2 aromatic carbocycles. The van der Waals surface area contributed by atoms with E-state index in [2.05, 4.69) is 59.6 Å². The third kappa shape index (κ3) is 24.0. The van der Waals surface area contributed by atoms with Gasteiger partial charge in [0.05, 0.1) is 58.1 Å². The smallest absolute Gasteiger partial charge is 0.246 e. The molecule has 0 spiro atoms. The molecule has 4 aliphatic heterocycles. The third-order valence-electron chi connectivity index (χ3n) is 14.3. The number of unbranched alkanes of at least 4 members (excludes halogenated alkanes) is 3. The van der Waals surface area contributed by atoms with Crippen LogP contribution in [0, 0.1) is 10.8 Å². The summed E-state index contributed by atoms with van der Waals surface area (Å²) in [6.07, 6.45) is 6.30. The molecule has 10 atom stereocenters. The average Bonchev–Trinajstić information content (AvgIpc) is 3.66. The molecule has 6 rings (SSSR count). The molecule has 6 N–H and O–H groups in total. The van der Waals surface area contributed by atoms with Gasteiger partial charge in [0, 0.05) is 13.2 Å². The summed E-state index contributed by atoms with van der Waals surface area (Å²) in [5.74, 6) is 1.08. The highest BCUT2D eigenvalue weighted by Gasteiger charge is 2.56. The lowest BCUT2D eigenvalue weighted by Gasteiger charge is -2.35. The summed E-state index contributed by atoms with van der Waals surface area (Å²) in [4.78, 5) is 62.1. The zero-order valence-corrected chi connectivity index (χ0v) is 60.7. The predicted octanol–water partition coefficient (Wildman–Crippen LogP) is 7.39. The summed E-state index contributed by atoms with van der Waals surface area (Å²) in [5.41, 5.74) is 1.02. The van der Waals surface area contributed by atoms with E-state index in [1.54, 1.807) is 23.5 Å². The van der Waals surface area contributed by atoms with Crippen LogP contribution in [-0.2, 0) is 28.7 Å². The second-order valence-electron chi connectivity index (χ2n) is 20.6. The van der Waals surface area contributed by atoms with E-state index in [9.17, 15) is 19.2 Å². The highest BCUT2D eigenvalue weighted by molar-refractivity contribution is 8.00. The molecule has 80 heavy (non-hydrogen) atoms. The molecule has 4 aliphatic rings. The molecular formula is C52H98N8O6S14. The Morgan fingerprint density at radius 2 is 0.900 bits per heavy atom. The monoisotopic (exact) mass is 1380 g/mol. The summed E-state index contributed by atoms with van der Waals surface area (Å²) < 4.78 is 12.5. The van der Waals surface area contributed by atoms with Crippen LogP contribution >= 0.6 is 183 Å². The van der Waals surface area contributed by atoms with Crippen molar-refractivity contribution in [3.05, 3.63) is 71.8 Å². The second kappa shape index (κ2) is 42.9. The summed E-state index contributed by atoms with van der Waals surface area (Å²) >= 11 is 14.7. The van der Waals surface area contributed by atoms with Gasteiger partial charge in [-0.25, -0.2) is 0 Å². The lowest BCUT2D eigenvalue weighted by molar-refractivity contribution is -0.142. The van der Waals surface area contributed by atoms with E-state index in [-0.39, 0.29) is 181 Å². The lowest BCUT2D eigenvalue weighted by atomic mass is 9.83. The lowest BCUT2D eigenvalue weighted by Crippen LogP contribution is -2.58. The van der Waals surface area contributed by atoms with Crippen LogP contribution in [0.5, 0.6) is 0 Å². The van der Waals surface area contributed by atoms with Gasteiger partial charge in [-0.05, 0) is 99.9 Å². The first kappa shape index (κ1) is 88.9.